The third-order valence-corrected chi connectivity index (χ3v) is 2.86. The van der Waals surface area contributed by atoms with Crippen LogP contribution in [-0.4, -0.2) is 17.7 Å². The second-order valence-corrected chi connectivity index (χ2v) is 6.21. The van der Waals surface area contributed by atoms with Crippen LogP contribution in [-0.2, 0) is 11.3 Å². The third kappa shape index (κ3) is 6.17. The summed E-state index contributed by atoms with van der Waals surface area (Å²) in [5.41, 5.74) is -0.496. The molecule has 0 spiro atoms. The van der Waals surface area contributed by atoms with E-state index in [1.54, 1.807) is 32.9 Å². The number of nitrogens with one attached hydrogen (secondary N) is 3. The van der Waals surface area contributed by atoms with Gasteiger partial charge in [0.2, 0.25) is 0 Å². The van der Waals surface area contributed by atoms with Crippen LogP contribution in [0.25, 0.3) is 0 Å². The van der Waals surface area contributed by atoms with Crippen molar-refractivity contribution in [1.29, 1.82) is 0 Å². The van der Waals surface area contributed by atoms with Gasteiger partial charge in [-0.1, -0.05) is 0 Å². The summed E-state index contributed by atoms with van der Waals surface area (Å²) in [5, 5.41) is 7.44. The standard InChI is InChI=1S/C17H20FN3O4/c1-17(2,3)25-16(23)21-14-9-11(6-7-13(14)18)20-15(22)19-10-12-5-4-8-24-12/h4-9H,10H2,1-3H3,(H,21,23)(H2,19,20,22). The van der Waals surface area contributed by atoms with E-state index in [-0.39, 0.29) is 12.2 Å². The minimum Gasteiger partial charge on any atom is -0.467 e. The van der Waals surface area contributed by atoms with Crippen molar-refractivity contribution >= 4 is 23.5 Å². The van der Waals surface area contributed by atoms with E-state index in [0.29, 0.717) is 11.4 Å². The second kappa shape index (κ2) is 7.69. The summed E-state index contributed by atoms with van der Waals surface area (Å²) in [5.74, 6) is -0.0473. The fourth-order valence-corrected chi connectivity index (χ4v) is 1.87. The van der Waals surface area contributed by atoms with Gasteiger partial charge >= 0.3 is 12.1 Å². The van der Waals surface area contributed by atoms with Crippen LogP contribution in [0.15, 0.2) is 41.0 Å². The molecule has 0 radical (unpaired) electrons. The molecule has 0 unspecified atom stereocenters. The van der Waals surface area contributed by atoms with Gasteiger partial charge in [-0.05, 0) is 51.1 Å². The molecule has 0 aliphatic heterocycles. The molecule has 0 aliphatic rings. The summed E-state index contributed by atoms with van der Waals surface area (Å²) in [7, 11) is 0. The number of amides is 3. The minimum absolute atomic E-state index is 0.0990. The lowest BCUT2D eigenvalue weighted by molar-refractivity contribution is 0.0635. The van der Waals surface area contributed by atoms with Gasteiger partial charge in [0.15, 0.2) is 0 Å². The highest BCUT2D eigenvalue weighted by atomic mass is 19.1. The maximum absolute atomic E-state index is 13.8. The Labute approximate surface area is 144 Å². The molecule has 0 atom stereocenters. The molecule has 0 aliphatic carbocycles. The highest BCUT2D eigenvalue weighted by Gasteiger charge is 2.17. The van der Waals surface area contributed by atoms with E-state index >= 15 is 0 Å². The number of carbonyl (C=O) groups excluding carboxylic acids is 2. The first-order valence-corrected chi connectivity index (χ1v) is 7.60. The van der Waals surface area contributed by atoms with Crippen LogP contribution in [0, 0.1) is 5.82 Å². The van der Waals surface area contributed by atoms with Crippen LogP contribution in [0.2, 0.25) is 0 Å². The number of anilines is 2. The average Bonchev–Trinajstić information content (AvgIpc) is 3.00. The van der Waals surface area contributed by atoms with Gasteiger partial charge in [-0.2, -0.15) is 0 Å². The van der Waals surface area contributed by atoms with E-state index in [4.69, 9.17) is 9.15 Å². The number of hydrogen-bond acceptors (Lipinski definition) is 4. The van der Waals surface area contributed by atoms with Crippen molar-refractivity contribution in [2.24, 2.45) is 0 Å². The monoisotopic (exact) mass is 349 g/mol. The summed E-state index contributed by atoms with van der Waals surface area (Å²) >= 11 is 0. The van der Waals surface area contributed by atoms with Crippen molar-refractivity contribution in [3.63, 3.8) is 0 Å². The van der Waals surface area contributed by atoms with E-state index in [2.05, 4.69) is 16.0 Å². The summed E-state index contributed by atoms with van der Waals surface area (Å²) < 4.78 is 24.0. The number of urea groups is 1. The van der Waals surface area contributed by atoms with Crippen LogP contribution in [0.1, 0.15) is 26.5 Å². The quantitative estimate of drug-likeness (QED) is 0.775. The zero-order chi connectivity index (χ0) is 18.4. The largest absolute Gasteiger partial charge is 0.467 e. The number of furan rings is 1. The van der Waals surface area contributed by atoms with Gasteiger partial charge < -0.3 is 19.8 Å². The number of hydrogen-bond donors (Lipinski definition) is 3. The molecule has 2 rings (SSSR count). The Balaban J connectivity index is 1.95. The topological polar surface area (TPSA) is 92.6 Å². The maximum Gasteiger partial charge on any atom is 0.412 e. The fourth-order valence-electron chi connectivity index (χ4n) is 1.87. The van der Waals surface area contributed by atoms with Gasteiger partial charge in [0, 0.05) is 5.69 Å². The van der Waals surface area contributed by atoms with Crippen molar-refractivity contribution < 1.29 is 23.1 Å². The van der Waals surface area contributed by atoms with Gasteiger partial charge in [0.25, 0.3) is 0 Å². The van der Waals surface area contributed by atoms with E-state index in [1.165, 1.54) is 18.4 Å². The summed E-state index contributed by atoms with van der Waals surface area (Å²) in [6.45, 7) is 5.31. The van der Waals surface area contributed by atoms with Gasteiger partial charge in [0.1, 0.15) is 17.2 Å². The molecular weight excluding hydrogens is 329 g/mol. The normalized spacial score (nSPS) is 10.9. The molecule has 0 saturated heterocycles. The molecule has 8 heteroatoms. The fraction of sp³-hybridized carbons (Fsp3) is 0.294. The van der Waals surface area contributed by atoms with Gasteiger partial charge in [-0.3, -0.25) is 5.32 Å². The van der Waals surface area contributed by atoms with Crippen molar-refractivity contribution in [3.8, 4) is 0 Å². The van der Waals surface area contributed by atoms with Gasteiger partial charge in [0.05, 0.1) is 18.5 Å². The molecule has 7 nitrogen and oxygen atoms in total. The van der Waals surface area contributed by atoms with Crippen LogP contribution in [0.3, 0.4) is 0 Å². The highest BCUT2D eigenvalue weighted by Crippen LogP contribution is 2.20. The lowest BCUT2D eigenvalue weighted by atomic mass is 10.2. The third-order valence-electron chi connectivity index (χ3n) is 2.86. The number of carbonyl (C=O) groups is 2. The highest BCUT2D eigenvalue weighted by molar-refractivity contribution is 5.91. The molecular formula is C17H20FN3O4. The number of rotatable bonds is 4. The molecule has 2 aromatic rings. The predicted octanol–water partition coefficient (Wildman–Crippen LogP) is 4.09. The maximum atomic E-state index is 13.8. The predicted molar refractivity (Wildman–Crippen MR) is 90.8 cm³/mol. The van der Waals surface area contributed by atoms with E-state index in [1.807, 2.05) is 0 Å². The lowest BCUT2D eigenvalue weighted by Gasteiger charge is -2.20. The van der Waals surface area contributed by atoms with Crippen LogP contribution >= 0.6 is 0 Å². The number of ether oxygens (including phenoxy) is 1. The first-order chi connectivity index (χ1) is 11.7. The molecule has 0 saturated carbocycles. The summed E-state index contributed by atoms with van der Waals surface area (Å²) in [6.07, 6.45) is 0.717. The SMILES string of the molecule is CC(C)(C)OC(=O)Nc1cc(NC(=O)NCc2ccco2)ccc1F. The molecule has 1 aromatic carbocycles. The zero-order valence-corrected chi connectivity index (χ0v) is 14.2. The number of halogens is 1. The summed E-state index contributed by atoms with van der Waals surface area (Å²) in [4.78, 5) is 23.6. The Bertz CT molecular complexity index is 739. The van der Waals surface area contributed by atoms with Crippen LogP contribution in [0.4, 0.5) is 25.4 Å². The molecule has 3 N–H and O–H groups in total. The Kier molecular flexibility index (Phi) is 5.63. The van der Waals surface area contributed by atoms with Gasteiger partial charge in [-0.25, -0.2) is 14.0 Å². The molecule has 1 aromatic heterocycles. The number of benzene rings is 1. The second-order valence-electron chi connectivity index (χ2n) is 6.21. The van der Waals surface area contributed by atoms with Crippen molar-refractivity contribution in [2.45, 2.75) is 32.9 Å². The average molecular weight is 349 g/mol. The molecule has 1 heterocycles. The van der Waals surface area contributed by atoms with Crippen LogP contribution in [0.5, 0.6) is 0 Å². The first-order valence-electron chi connectivity index (χ1n) is 7.60. The Morgan fingerprint density at radius 3 is 2.60 bits per heavy atom. The zero-order valence-electron chi connectivity index (χ0n) is 14.2. The molecule has 0 fully saturated rings. The smallest absolute Gasteiger partial charge is 0.412 e. The van der Waals surface area contributed by atoms with Crippen molar-refractivity contribution in [1.82, 2.24) is 5.32 Å². The van der Waals surface area contributed by atoms with Crippen LogP contribution < -0.4 is 16.0 Å². The van der Waals surface area contributed by atoms with Crippen molar-refractivity contribution in [3.05, 3.63) is 48.2 Å². The first kappa shape index (κ1) is 18.3. The van der Waals surface area contributed by atoms with E-state index in [9.17, 15) is 14.0 Å². The molecule has 3 amide bonds. The minimum atomic E-state index is -0.786. The Morgan fingerprint density at radius 1 is 1.20 bits per heavy atom. The van der Waals surface area contributed by atoms with Gasteiger partial charge in [-0.15, -0.1) is 0 Å². The molecule has 134 valence electrons. The summed E-state index contributed by atoms with van der Waals surface area (Å²) in [6, 6.07) is 6.75. The molecule has 0 bridgehead atoms. The Hall–Kier alpha value is -3.03. The van der Waals surface area contributed by atoms with E-state index in [0.717, 1.165) is 6.07 Å². The molecule has 25 heavy (non-hydrogen) atoms. The van der Waals surface area contributed by atoms with E-state index < -0.39 is 23.5 Å². The Morgan fingerprint density at radius 2 is 1.96 bits per heavy atom. The lowest BCUT2D eigenvalue weighted by Crippen LogP contribution is -2.28. The van der Waals surface area contributed by atoms with Crippen molar-refractivity contribution in [2.75, 3.05) is 10.6 Å².